The highest BCUT2D eigenvalue weighted by atomic mass is 79.9. The number of hydrogen-bond donors (Lipinski definition) is 1. The molecule has 102 valence electrons. The molecule has 0 saturated carbocycles. The first-order valence-electron chi connectivity index (χ1n) is 6.23. The molecular formula is C15H17BrFNO. The van der Waals surface area contributed by atoms with Crippen LogP contribution in [0.3, 0.4) is 0 Å². The zero-order valence-corrected chi connectivity index (χ0v) is 12.8. The monoisotopic (exact) mass is 325 g/mol. The summed E-state index contributed by atoms with van der Waals surface area (Å²) in [6, 6.07) is 7.46. The predicted octanol–water partition coefficient (Wildman–Crippen LogP) is 4.31. The lowest BCUT2D eigenvalue weighted by Crippen LogP contribution is -2.23. The number of hydrogen-bond acceptors (Lipinski definition) is 2. The fraction of sp³-hybridized carbons (Fsp3) is 0.333. The highest BCUT2D eigenvalue weighted by Gasteiger charge is 2.12. The molecular weight excluding hydrogens is 309 g/mol. The van der Waals surface area contributed by atoms with Gasteiger partial charge in [-0.2, -0.15) is 0 Å². The van der Waals surface area contributed by atoms with Crippen molar-refractivity contribution in [2.24, 2.45) is 0 Å². The first-order chi connectivity index (χ1) is 9.01. The summed E-state index contributed by atoms with van der Waals surface area (Å²) in [4.78, 5) is 0. The molecule has 0 spiro atoms. The van der Waals surface area contributed by atoms with Crippen LogP contribution in [0.2, 0.25) is 0 Å². The molecule has 0 aliphatic carbocycles. The smallest absolute Gasteiger partial charge is 0.138 e. The fourth-order valence-corrected chi connectivity index (χ4v) is 2.41. The Kier molecular flexibility index (Phi) is 4.42. The summed E-state index contributed by atoms with van der Waals surface area (Å²) in [7, 11) is 1.92. The summed E-state index contributed by atoms with van der Waals surface area (Å²) < 4.78 is 19.9. The lowest BCUT2D eigenvalue weighted by molar-refractivity contribution is 0.480. The Balaban J connectivity index is 2.30. The van der Waals surface area contributed by atoms with Gasteiger partial charge in [0.25, 0.3) is 0 Å². The van der Waals surface area contributed by atoms with Crippen LogP contribution in [0.1, 0.15) is 18.2 Å². The summed E-state index contributed by atoms with van der Waals surface area (Å²) in [5, 5.41) is 3.16. The van der Waals surface area contributed by atoms with E-state index in [1.54, 1.807) is 6.07 Å². The minimum atomic E-state index is -0.276. The molecule has 0 radical (unpaired) electrons. The molecule has 1 heterocycles. The van der Waals surface area contributed by atoms with Crippen LogP contribution in [0.15, 0.2) is 33.2 Å². The van der Waals surface area contributed by atoms with Crippen LogP contribution in [-0.4, -0.2) is 13.1 Å². The van der Waals surface area contributed by atoms with E-state index in [1.165, 1.54) is 6.07 Å². The van der Waals surface area contributed by atoms with Crippen molar-refractivity contribution in [3.63, 3.8) is 0 Å². The van der Waals surface area contributed by atoms with Gasteiger partial charge in [0.15, 0.2) is 0 Å². The summed E-state index contributed by atoms with van der Waals surface area (Å²) in [5.41, 5.74) is 1.78. The number of furan rings is 1. The van der Waals surface area contributed by atoms with Crippen LogP contribution in [0, 0.1) is 12.7 Å². The van der Waals surface area contributed by atoms with E-state index in [1.807, 2.05) is 26.1 Å². The molecule has 2 aromatic rings. The molecule has 0 saturated heterocycles. The largest absolute Gasteiger partial charge is 0.461 e. The zero-order chi connectivity index (χ0) is 14.0. The fourth-order valence-electron chi connectivity index (χ4n) is 1.95. The normalized spacial score (nSPS) is 12.7. The van der Waals surface area contributed by atoms with E-state index in [-0.39, 0.29) is 5.82 Å². The Bertz CT molecular complexity index is 580. The average Bonchev–Trinajstić information content (AvgIpc) is 2.82. The number of nitrogens with one attached hydrogen (secondary N) is 1. The lowest BCUT2D eigenvalue weighted by atomic mass is 10.1. The highest BCUT2D eigenvalue weighted by molar-refractivity contribution is 9.10. The first-order valence-corrected chi connectivity index (χ1v) is 7.02. The minimum Gasteiger partial charge on any atom is -0.461 e. The van der Waals surface area contributed by atoms with E-state index in [9.17, 15) is 4.39 Å². The van der Waals surface area contributed by atoms with Crippen LogP contribution < -0.4 is 5.32 Å². The minimum absolute atomic E-state index is 0.276. The molecule has 1 unspecified atom stereocenters. The van der Waals surface area contributed by atoms with Gasteiger partial charge in [0, 0.05) is 18.0 Å². The second-order valence-electron chi connectivity index (χ2n) is 4.74. The Morgan fingerprint density at radius 2 is 2.11 bits per heavy atom. The van der Waals surface area contributed by atoms with Gasteiger partial charge in [0.1, 0.15) is 17.3 Å². The van der Waals surface area contributed by atoms with Crippen molar-refractivity contribution in [1.29, 1.82) is 0 Å². The van der Waals surface area contributed by atoms with E-state index in [4.69, 9.17) is 4.42 Å². The molecule has 2 rings (SSSR count). The summed E-state index contributed by atoms with van der Waals surface area (Å²) >= 11 is 3.19. The van der Waals surface area contributed by atoms with Crippen LogP contribution in [0.5, 0.6) is 0 Å². The van der Waals surface area contributed by atoms with Gasteiger partial charge in [0.2, 0.25) is 0 Å². The molecule has 0 aliphatic rings. The number of likely N-dealkylation sites (N-methyl/N-ethyl adjacent to an activating group) is 1. The van der Waals surface area contributed by atoms with Crippen molar-refractivity contribution in [2.45, 2.75) is 26.3 Å². The van der Waals surface area contributed by atoms with Gasteiger partial charge < -0.3 is 9.73 Å². The maximum absolute atomic E-state index is 13.6. The van der Waals surface area contributed by atoms with Crippen molar-refractivity contribution in [3.05, 3.63) is 45.9 Å². The number of halogens is 2. The summed E-state index contributed by atoms with van der Waals surface area (Å²) in [5.74, 6) is 1.34. The number of rotatable bonds is 4. The molecule has 19 heavy (non-hydrogen) atoms. The molecule has 0 bridgehead atoms. The second kappa shape index (κ2) is 5.88. The third kappa shape index (κ3) is 3.25. The average molecular weight is 326 g/mol. The van der Waals surface area contributed by atoms with E-state index >= 15 is 0 Å². The molecule has 0 aliphatic heterocycles. The first kappa shape index (κ1) is 14.3. The molecule has 1 atom stereocenters. The Labute approximate surface area is 121 Å². The van der Waals surface area contributed by atoms with Crippen molar-refractivity contribution < 1.29 is 8.81 Å². The Hall–Kier alpha value is -1.13. The quantitative estimate of drug-likeness (QED) is 0.906. The van der Waals surface area contributed by atoms with Crippen molar-refractivity contribution in [3.8, 4) is 11.3 Å². The molecule has 0 fully saturated rings. The van der Waals surface area contributed by atoms with E-state index in [0.717, 1.165) is 23.3 Å². The third-order valence-corrected chi connectivity index (χ3v) is 3.80. The number of benzene rings is 1. The van der Waals surface area contributed by atoms with Crippen LogP contribution in [0.4, 0.5) is 4.39 Å². The van der Waals surface area contributed by atoms with E-state index in [0.29, 0.717) is 16.3 Å². The Morgan fingerprint density at radius 3 is 2.79 bits per heavy atom. The van der Waals surface area contributed by atoms with Gasteiger partial charge in [0.05, 0.1) is 4.47 Å². The molecule has 2 nitrogen and oxygen atoms in total. The van der Waals surface area contributed by atoms with Crippen molar-refractivity contribution >= 4 is 15.9 Å². The standard InChI is InChI=1S/C15H17BrFNO/c1-9-6-13(16)14(17)8-12(9)15-5-4-11(19-15)7-10(2)18-3/h4-6,8,10,18H,7H2,1-3H3. The van der Waals surface area contributed by atoms with Crippen LogP contribution in [0.25, 0.3) is 11.3 Å². The van der Waals surface area contributed by atoms with Gasteiger partial charge >= 0.3 is 0 Å². The predicted molar refractivity (Wildman–Crippen MR) is 78.8 cm³/mol. The van der Waals surface area contributed by atoms with Gasteiger partial charge in [-0.15, -0.1) is 0 Å². The second-order valence-corrected chi connectivity index (χ2v) is 5.60. The van der Waals surface area contributed by atoms with Crippen LogP contribution >= 0.6 is 15.9 Å². The highest BCUT2D eigenvalue weighted by Crippen LogP contribution is 2.30. The number of aryl methyl sites for hydroxylation is 1. The maximum Gasteiger partial charge on any atom is 0.138 e. The van der Waals surface area contributed by atoms with E-state index in [2.05, 4.69) is 28.2 Å². The van der Waals surface area contributed by atoms with Crippen molar-refractivity contribution in [2.75, 3.05) is 7.05 Å². The van der Waals surface area contributed by atoms with Gasteiger partial charge in [-0.3, -0.25) is 0 Å². The Morgan fingerprint density at radius 1 is 1.37 bits per heavy atom. The van der Waals surface area contributed by atoms with Gasteiger partial charge in [-0.05, 0) is 66.7 Å². The maximum atomic E-state index is 13.6. The van der Waals surface area contributed by atoms with Gasteiger partial charge in [-0.25, -0.2) is 4.39 Å². The van der Waals surface area contributed by atoms with Gasteiger partial charge in [-0.1, -0.05) is 0 Å². The SMILES string of the molecule is CNC(C)Cc1ccc(-c2cc(F)c(Br)cc2C)o1. The topological polar surface area (TPSA) is 25.2 Å². The van der Waals surface area contributed by atoms with Crippen LogP contribution in [-0.2, 0) is 6.42 Å². The molecule has 0 amide bonds. The third-order valence-electron chi connectivity index (χ3n) is 3.19. The molecule has 4 heteroatoms. The van der Waals surface area contributed by atoms with E-state index < -0.39 is 0 Å². The lowest BCUT2D eigenvalue weighted by Gasteiger charge is -2.07. The molecule has 1 aromatic heterocycles. The molecule has 1 N–H and O–H groups in total. The summed E-state index contributed by atoms with van der Waals surface area (Å²) in [6.45, 7) is 4.03. The molecule has 1 aromatic carbocycles. The summed E-state index contributed by atoms with van der Waals surface area (Å²) in [6.07, 6.45) is 0.814. The van der Waals surface area contributed by atoms with Crippen molar-refractivity contribution in [1.82, 2.24) is 5.32 Å². The zero-order valence-electron chi connectivity index (χ0n) is 11.3.